The number of amides is 1. The Kier molecular flexibility index (Phi) is 6.59. The first-order valence-corrected chi connectivity index (χ1v) is 13.2. The van der Waals surface area contributed by atoms with Crippen molar-refractivity contribution in [3.63, 3.8) is 0 Å². The van der Waals surface area contributed by atoms with Gasteiger partial charge in [-0.05, 0) is 55.7 Å². The summed E-state index contributed by atoms with van der Waals surface area (Å²) < 4.78 is 57.4. The molecule has 0 bridgehead atoms. The van der Waals surface area contributed by atoms with Gasteiger partial charge in [0.2, 0.25) is 0 Å². The van der Waals surface area contributed by atoms with Gasteiger partial charge < -0.3 is 9.80 Å². The van der Waals surface area contributed by atoms with E-state index in [1.54, 1.807) is 36.2 Å². The van der Waals surface area contributed by atoms with Crippen molar-refractivity contribution in [1.29, 1.82) is 0 Å². The molecule has 1 spiro atoms. The molecule has 0 unspecified atom stereocenters. The number of carbonyl (C=O) groups excluding carboxylic acids is 2. The molecule has 4 heterocycles. The second-order valence-electron chi connectivity index (χ2n) is 10.4. The van der Waals surface area contributed by atoms with Gasteiger partial charge in [0.05, 0.1) is 11.4 Å². The molecule has 7 nitrogen and oxygen atoms in total. The lowest BCUT2D eigenvalue weighted by Gasteiger charge is -2.44. The third kappa shape index (κ3) is 4.55. The van der Waals surface area contributed by atoms with Crippen molar-refractivity contribution >= 4 is 17.4 Å². The number of rotatable bonds is 4. The second-order valence-corrected chi connectivity index (χ2v) is 10.4. The van der Waals surface area contributed by atoms with E-state index in [2.05, 4.69) is 10.1 Å². The third-order valence-corrected chi connectivity index (χ3v) is 8.04. The molecule has 0 aliphatic carbocycles. The minimum atomic E-state index is -1.61. The van der Waals surface area contributed by atoms with Gasteiger partial charge in [0, 0.05) is 61.8 Å². The van der Waals surface area contributed by atoms with Crippen LogP contribution < -0.4 is 4.90 Å². The fourth-order valence-corrected chi connectivity index (χ4v) is 5.79. The minimum absolute atomic E-state index is 0.0140. The molecule has 2 aromatic heterocycles. The van der Waals surface area contributed by atoms with E-state index < -0.39 is 28.9 Å². The van der Waals surface area contributed by atoms with Crippen molar-refractivity contribution in [1.82, 2.24) is 19.7 Å². The summed E-state index contributed by atoms with van der Waals surface area (Å²) in [5.41, 5.74) is 1.09. The monoisotopic (exact) mass is 563 g/mol. The topological polar surface area (TPSA) is 71.3 Å². The lowest BCUT2D eigenvalue weighted by molar-refractivity contribution is -0.123. The highest BCUT2D eigenvalue weighted by Gasteiger charge is 2.50. The van der Waals surface area contributed by atoms with Gasteiger partial charge in [0.25, 0.3) is 5.91 Å². The zero-order chi connectivity index (χ0) is 28.9. The Morgan fingerprint density at radius 3 is 2.27 bits per heavy atom. The molecule has 0 radical (unpaired) electrons. The number of carbonyl (C=O) groups is 2. The van der Waals surface area contributed by atoms with Crippen LogP contribution in [0, 0.1) is 30.2 Å². The fraction of sp³-hybridized carbons (Fsp3) is 0.267. The number of benzene rings is 2. The first kappa shape index (κ1) is 26.7. The number of likely N-dealkylation sites (tertiary alicyclic amines) is 1. The van der Waals surface area contributed by atoms with E-state index in [9.17, 15) is 27.2 Å². The van der Waals surface area contributed by atoms with E-state index in [4.69, 9.17) is 0 Å². The summed E-state index contributed by atoms with van der Waals surface area (Å²) in [5.74, 6) is -5.08. The first-order chi connectivity index (χ1) is 19.7. The molecule has 2 aliphatic rings. The molecule has 0 atom stereocenters. The number of ketones is 1. The molecule has 2 fully saturated rings. The summed E-state index contributed by atoms with van der Waals surface area (Å²) in [4.78, 5) is 34.3. The van der Waals surface area contributed by atoms with Crippen LogP contribution in [0.4, 0.5) is 23.2 Å². The van der Waals surface area contributed by atoms with E-state index in [1.165, 1.54) is 23.0 Å². The van der Waals surface area contributed by atoms with Gasteiger partial charge in [-0.2, -0.15) is 5.10 Å². The van der Waals surface area contributed by atoms with Gasteiger partial charge in [0.15, 0.2) is 28.9 Å². The molecule has 6 rings (SSSR count). The summed E-state index contributed by atoms with van der Waals surface area (Å²) in [6.07, 6.45) is 4.12. The number of nitrogens with zero attached hydrogens (tertiary/aromatic N) is 5. The number of hydrogen-bond acceptors (Lipinski definition) is 5. The number of hydrogen-bond donors (Lipinski definition) is 0. The molecule has 2 aromatic carbocycles. The Morgan fingerprint density at radius 2 is 1.61 bits per heavy atom. The van der Waals surface area contributed by atoms with Crippen molar-refractivity contribution in [2.45, 2.75) is 31.7 Å². The summed E-state index contributed by atoms with van der Waals surface area (Å²) in [6.45, 7) is 2.66. The van der Waals surface area contributed by atoms with Crippen molar-refractivity contribution in [3.8, 4) is 16.9 Å². The number of aromatic nitrogens is 3. The Balaban J connectivity index is 1.29. The van der Waals surface area contributed by atoms with Crippen LogP contribution in [0.2, 0.25) is 0 Å². The smallest absolute Gasteiger partial charge is 0.274 e. The molecule has 0 N–H and O–H groups in total. The molecular formula is C30H25F4N5O2. The highest BCUT2D eigenvalue weighted by Crippen LogP contribution is 2.40. The predicted molar refractivity (Wildman–Crippen MR) is 143 cm³/mol. The maximum atomic E-state index is 14.3. The molecule has 0 saturated carbocycles. The Morgan fingerprint density at radius 1 is 0.902 bits per heavy atom. The number of anilines is 1. The molecule has 2 saturated heterocycles. The summed E-state index contributed by atoms with van der Waals surface area (Å²) in [7, 11) is 0. The lowest BCUT2D eigenvalue weighted by Crippen LogP contribution is -2.56. The Labute approximate surface area is 233 Å². The summed E-state index contributed by atoms with van der Waals surface area (Å²) >= 11 is 0. The first-order valence-electron chi connectivity index (χ1n) is 13.2. The standard InChI is InChI=1S/C30H25F4N5O2/c1-18-4-5-20(13-22(18)31)38-10-6-27(40)30(38)7-11-37(12-8-30)29(41)25-16-26(19-3-2-9-35-17-19)39(36-25)21-14-23(32)28(34)24(33)15-21/h2-5,9,13-17H,6-8,10-12H2,1H3. The molecule has 1 amide bonds. The van der Waals surface area contributed by atoms with Gasteiger partial charge in [-0.25, -0.2) is 22.2 Å². The van der Waals surface area contributed by atoms with Crippen molar-refractivity contribution < 1.29 is 27.2 Å². The average Bonchev–Trinajstić information content (AvgIpc) is 3.56. The zero-order valence-corrected chi connectivity index (χ0v) is 22.1. The fourth-order valence-electron chi connectivity index (χ4n) is 5.79. The highest BCUT2D eigenvalue weighted by atomic mass is 19.2. The third-order valence-electron chi connectivity index (χ3n) is 8.04. The SMILES string of the molecule is Cc1ccc(N2CCC(=O)C23CCN(C(=O)c2cc(-c4cccnc4)n(-c4cc(F)c(F)c(F)c4)n2)CC3)cc1F. The number of Topliss-reactive ketones (excluding diaryl/α,β-unsaturated/α-hetero) is 1. The minimum Gasteiger partial charge on any atom is -0.358 e. The largest absolute Gasteiger partial charge is 0.358 e. The van der Waals surface area contributed by atoms with Gasteiger partial charge >= 0.3 is 0 Å². The van der Waals surface area contributed by atoms with E-state index in [0.29, 0.717) is 48.3 Å². The quantitative estimate of drug-likeness (QED) is 0.251. The summed E-state index contributed by atoms with van der Waals surface area (Å²) in [6, 6.07) is 11.4. The second kappa shape index (κ2) is 10.1. The maximum Gasteiger partial charge on any atom is 0.274 e. The van der Waals surface area contributed by atoms with Crippen LogP contribution in [0.5, 0.6) is 0 Å². The van der Waals surface area contributed by atoms with E-state index >= 15 is 0 Å². The van der Waals surface area contributed by atoms with E-state index in [-0.39, 0.29) is 36.1 Å². The predicted octanol–water partition coefficient (Wildman–Crippen LogP) is 5.25. The molecule has 4 aromatic rings. The van der Waals surface area contributed by atoms with E-state index in [0.717, 1.165) is 12.1 Å². The molecule has 2 aliphatic heterocycles. The number of aryl methyl sites for hydroxylation is 1. The normalized spacial score (nSPS) is 16.6. The number of halogens is 4. The maximum absolute atomic E-state index is 14.3. The molecule has 11 heteroatoms. The lowest BCUT2D eigenvalue weighted by atomic mass is 9.83. The van der Waals surface area contributed by atoms with Gasteiger partial charge in [-0.3, -0.25) is 14.6 Å². The van der Waals surface area contributed by atoms with Crippen LogP contribution in [0.15, 0.2) is 60.9 Å². The Bertz CT molecular complexity index is 1640. The molecule has 41 heavy (non-hydrogen) atoms. The van der Waals surface area contributed by atoms with Crippen LogP contribution in [0.1, 0.15) is 35.3 Å². The van der Waals surface area contributed by atoms with Crippen molar-refractivity contribution in [2.75, 3.05) is 24.5 Å². The molecule has 210 valence electrons. The van der Waals surface area contributed by atoms with Crippen LogP contribution in [-0.4, -0.2) is 56.5 Å². The van der Waals surface area contributed by atoms with Crippen molar-refractivity contribution in [3.05, 3.63) is 95.5 Å². The highest BCUT2D eigenvalue weighted by molar-refractivity contribution is 5.97. The van der Waals surface area contributed by atoms with Crippen LogP contribution in [0.3, 0.4) is 0 Å². The number of piperidine rings is 1. The zero-order valence-electron chi connectivity index (χ0n) is 22.1. The van der Waals surface area contributed by atoms with Crippen LogP contribution in [0.25, 0.3) is 16.9 Å². The molecular weight excluding hydrogens is 538 g/mol. The van der Waals surface area contributed by atoms with Gasteiger partial charge in [0.1, 0.15) is 11.4 Å². The van der Waals surface area contributed by atoms with Gasteiger partial charge in [-0.15, -0.1) is 0 Å². The van der Waals surface area contributed by atoms with E-state index in [1.807, 2.05) is 11.0 Å². The number of pyridine rings is 1. The van der Waals surface area contributed by atoms with Crippen molar-refractivity contribution in [2.24, 2.45) is 0 Å². The Hall–Kier alpha value is -4.54. The van der Waals surface area contributed by atoms with Crippen LogP contribution >= 0.6 is 0 Å². The summed E-state index contributed by atoms with van der Waals surface area (Å²) in [5, 5.41) is 4.35. The van der Waals surface area contributed by atoms with Gasteiger partial charge in [-0.1, -0.05) is 6.07 Å². The van der Waals surface area contributed by atoms with Crippen LogP contribution in [-0.2, 0) is 4.79 Å². The average molecular weight is 564 g/mol.